The zero-order valence-corrected chi connectivity index (χ0v) is 10.2. The Morgan fingerprint density at radius 3 is 2.56 bits per heavy atom. The average Bonchev–Trinajstić information content (AvgIpc) is 2.96. The van der Waals surface area contributed by atoms with E-state index in [1.165, 1.54) is 7.05 Å². The first-order valence-corrected chi connectivity index (χ1v) is 6.31. The van der Waals surface area contributed by atoms with E-state index < -0.39 is 12.0 Å². The molecule has 3 fully saturated rings. The first-order chi connectivity index (χ1) is 8.50. The Morgan fingerprint density at radius 1 is 1.33 bits per heavy atom. The normalized spacial score (nSPS) is 39.9. The van der Waals surface area contributed by atoms with Crippen LogP contribution < -0.4 is 0 Å². The summed E-state index contributed by atoms with van der Waals surface area (Å²) in [6.07, 6.45) is 2.58. The van der Waals surface area contributed by atoms with Gasteiger partial charge in [0, 0.05) is 19.1 Å². The van der Waals surface area contributed by atoms with Crippen LogP contribution in [0.1, 0.15) is 25.7 Å². The SMILES string of the molecule is CN1C(=O)CC(N2C3CCC2C(C(=O)O)C3)C1=O. The molecule has 0 aromatic heterocycles. The molecule has 6 heteroatoms. The largest absolute Gasteiger partial charge is 0.481 e. The van der Waals surface area contributed by atoms with Crippen LogP contribution >= 0.6 is 0 Å². The van der Waals surface area contributed by atoms with E-state index in [0.717, 1.165) is 17.7 Å². The van der Waals surface area contributed by atoms with Crippen molar-refractivity contribution in [2.24, 2.45) is 5.92 Å². The van der Waals surface area contributed by atoms with Gasteiger partial charge in [0.1, 0.15) is 0 Å². The van der Waals surface area contributed by atoms with Crippen molar-refractivity contribution in [1.82, 2.24) is 9.80 Å². The Morgan fingerprint density at radius 2 is 2.06 bits per heavy atom. The van der Waals surface area contributed by atoms with Crippen LogP contribution in [0.3, 0.4) is 0 Å². The molecule has 4 atom stereocenters. The second kappa shape index (κ2) is 3.78. The van der Waals surface area contributed by atoms with Gasteiger partial charge < -0.3 is 5.11 Å². The molecule has 0 aromatic rings. The Hall–Kier alpha value is -1.43. The van der Waals surface area contributed by atoms with Gasteiger partial charge in [0.25, 0.3) is 0 Å². The first kappa shape index (κ1) is 11.6. The Kier molecular flexibility index (Phi) is 2.45. The lowest BCUT2D eigenvalue weighted by molar-refractivity contribution is -0.144. The number of fused-ring (bicyclic) bond motifs is 2. The number of rotatable bonds is 2. The van der Waals surface area contributed by atoms with E-state index in [-0.39, 0.29) is 36.2 Å². The second-order valence-corrected chi connectivity index (χ2v) is 5.44. The highest BCUT2D eigenvalue weighted by molar-refractivity contribution is 6.05. The third-order valence-corrected chi connectivity index (χ3v) is 4.63. The number of imide groups is 1. The number of likely N-dealkylation sites (N-methyl/N-ethyl adjacent to an activating group) is 1. The number of carboxylic acid groups (broad SMARTS) is 1. The van der Waals surface area contributed by atoms with Crippen molar-refractivity contribution in [2.75, 3.05) is 7.05 Å². The van der Waals surface area contributed by atoms with Gasteiger partial charge in [-0.1, -0.05) is 0 Å². The number of carboxylic acids is 1. The van der Waals surface area contributed by atoms with Crippen LogP contribution in [0.25, 0.3) is 0 Å². The standard InChI is InChI=1S/C12H16N2O4/c1-13-10(15)5-9(11(13)16)14-6-2-3-8(14)7(4-6)12(17)18/h6-9H,2-5H2,1H3,(H,17,18). The third kappa shape index (κ3) is 1.41. The Labute approximate surface area is 105 Å². The summed E-state index contributed by atoms with van der Waals surface area (Å²) in [7, 11) is 1.50. The highest BCUT2D eigenvalue weighted by Gasteiger charge is 2.55. The van der Waals surface area contributed by atoms with Gasteiger partial charge in [0.2, 0.25) is 11.8 Å². The van der Waals surface area contributed by atoms with Crippen LogP contribution in [0, 0.1) is 5.92 Å². The predicted octanol–water partition coefficient (Wildman–Crippen LogP) is -0.319. The first-order valence-electron chi connectivity index (χ1n) is 6.31. The summed E-state index contributed by atoms with van der Waals surface area (Å²) in [4.78, 5) is 37.9. The quantitative estimate of drug-likeness (QED) is 0.682. The second-order valence-electron chi connectivity index (χ2n) is 5.44. The molecule has 98 valence electrons. The van der Waals surface area contributed by atoms with Crippen LogP contribution in [0.15, 0.2) is 0 Å². The molecule has 3 heterocycles. The minimum absolute atomic E-state index is 0.0688. The summed E-state index contributed by atoms with van der Waals surface area (Å²) in [5, 5.41) is 9.18. The number of likely N-dealkylation sites (tertiary alicyclic amines) is 1. The molecule has 2 amide bonds. The molecule has 3 saturated heterocycles. The van der Waals surface area contributed by atoms with Crippen LogP contribution in [0.2, 0.25) is 0 Å². The summed E-state index contributed by atoms with van der Waals surface area (Å²) in [6, 6.07) is -0.338. The van der Waals surface area contributed by atoms with Crippen molar-refractivity contribution < 1.29 is 19.5 Å². The molecule has 0 aliphatic carbocycles. The zero-order chi connectivity index (χ0) is 13.0. The van der Waals surface area contributed by atoms with E-state index in [9.17, 15) is 19.5 Å². The molecule has 1 N–H and O–H groups in total. The number of hydrogen-bond donors (Lipinski definition) is 1. The van der Waals surface area contributed by atoms with Gasteiger partial charge >= 0.3 is 5.97 Å². The van der Waals surface area contributed by atoms with Gasteiger partial charge in [0.15, 0.2) is 0 Å². The predicted molar refractivity (Wildman–Crippen MR) is 60.6 cm³/mol. The molecule has 18 heavy (non-hydrogen) atoms. The van der Waals surface area contributed by atoms with Gasteiger partial charge in [-0.2, -0.15) is 0 Å². The van der Waals surface area contributed by atoms with Crippen LogP contribution in [0.5, 0.6) is 0 Å². The van der Waals surface area contributed by atoms with Crippen molar-refractivity contribution in [2.45, 2.75) is 43.8 Å². The number of nitrogens with zero attached hydrogens (tertiary/aromatic N) is 2. The summed E-state index contributed by atoms with van der Waals surface area (Å²) < 4.78 is 0. The summed E-state index contributed by atoms with van der Waals surface area (Å²) >= 11 is 0. The topological polar surface area (TPSA) is 77.9 Å². The van der Waals surface area contributed by atoms with E-state index in [1.54, 1.807) is 0 Å². The lowest BCUT2D eigenvalue weighted by Crippen LogP contribution is -2.45. The molecular formula is C12H16N2O4. The molecule has 3 aliphatic rings. The molecule has 2 bridgehead atoms. The maximum Gasteiger partial charge on any atom is 0.308 e. The molecule has 0 spiro atoms. The van der Waals surface area contributed by atoms with E-state index in [2.05, 4.69) is 0 Å². The number of carbonyl (C=O) groups is 3. The molecule has 0 radical (unpaired) electrons. The van der Waals surface area contributed by atoms with Gasteiger partial charge in [-0.3, -0.25) is 24.2 Å². The highest BCUT2D eigenvalue weighted by Crippen LogP contribution is 2.44. The fraction of sp³-hybridized carbons (Fsp3) is 0.750. The number of carbonyl (C=O) groups excluding carboxylic acids is 2. The maximum atomic E-state index is 12.0. The van der Waals surface area contributed by atoms with E-state index in [1.807, 2.05) is 4.90 Å². The lowest BCUT2D eigenvalue weighted by Gasteiger charge is -2.27. The zero-order valence-electron chi connectivity index (χ0n) is 10.2. The van der Waals surface area contributed by atoms with E-state index in [4.69, 9.17) is 0 Å². The van der Waals surface area contributed by atoms with Crippen molar-refractivity contribution in [1.29, 1.82) is 0 Å². The smallest absolute Gasteiger partial charge is 0.308 e. The van der Waals surface area contributed by atoms with Crippen molar-refractivity contribution >= 4 is 17.8 Å². The molecule has 0 saturated carbocycles. The lowest BCUT2D eigenvalue weighted by atomic mass is 9.89. The number of aliphatic carboxylic acids is 1. The van der Waals surface area contributed by atoms with Gasteiger partial charge in [-0.15, -0.1) is 0 Å². The minimum Gasteiger partial charge on any atom is -0.481 e. The van der Waals surface area contributed by atoms with E-state index in [0.29, 0.717) is 6.42 Å². The van der Waals surface area contributed by atoms with Crippen LogP contribution in [-0.2, 0) is 14.4 Å². The van der Waals surface area contributed by atoms with Crippen molar-refractivity contribution in [3.05, 3.63) is 0 Å². The van der Waals surface area contributed by atoms with Crippen molar-refractivity contribution in [3.63, 3.8) is 0 Å². The molecule has 3 aliphatic heterocycles. The fourth-order valence-electron chi connectivity index (χ4n) is 3.75. The van der Waals surface area contributed by atoms with Crippen LogP contribution in [-0.4, -0.2) is 57.9 Å². The molecule has 3 rings (SSSR count). The minimum atomic E-state index is -0.780. The summed E-state index contributed by atoms with van der Waals surface area (Å²) in [5.74, 6) is -1.50. The molecule has 6 nitrogen and oxygen atoms in total. The van der Waals surface area contributed by atoms with E-state index >= 15 is 0 Å². The third-order valence-electron chi connectivity index (χ3n) is 4.63. The molecule has 0 aromatic carbocycles. The maximum absolute atomic E-state index is 12.0. The van der Waals surface area contributed by atoms with Gasteiger partial charge in [0.05, 0.1) is 18.4 Å². The number of hydrogen-bond acceptors (Lipinski definition) is 4. The van der Waals surface area contributed by atoms with Crippen LogP contribution in [0.4, 0.5) is 0 Å². The van der Waals surface area contributed by atoms with Gasteiger partial charge in [-0.05, 0) is 19.3 Å². The average molecular weight is 252 g/mol. The Balaban J connectivity index is 1.84. The van der Waals surface area contributed by atoms with Gasteiger partial charge in [-0.25, -0.2) is 0 Å². The Bertz CT molecular complexity index is 436. The number of amides is 2. The summed E-state index contributed by atoms with van der Waals surface area (Å²) in [6.45, 7) is 0. The summed E-state index contributed by atoms with van der Waals surface area (Å²) in [5.41, 5.74) is 0. The molecule has 4 unspecified atom stereocenters. The fourth-order valence-corrected chi connectivity index (χ4v) is 3.75. The van der Waals surface area contributed by atoms with Crippen molar-refractivity contribution in [3.8, 4) is 0 Å². The highest BCUT2D eigenvalue weighted by atomic mass is 16.4. The monoisotopic (exact) mass is 252 g/mol. The molecular weight excluding hydrogens is 236 g/mol.